The summed E-state index contributed by atoms with van der Waals surface area (Å²) in [5, 5.41) is 3.52. The molecule has 0 aliphatic carbocycles. The number of hydrogen-bond donors (Lipinski definition) is 1. The van der Waals surface area contributed by atoms with Gasteiger partial charge in [-0.05, 0) is 51.6 Å². The van der Waals surface area contributed by atoms with Crippen LogP contribution >= 0.6 is 0 Å². The van der Waals surface area contributed by atoms with Gasteiger partial charge in [-0.15, -0.1) is 0 Å². The van der Waals surface area contributed by atoms with Gasteiger partial charge in [-0.25, -0.2) is 0 Å². The highest BCUT2D eigenvalue weighted by atomic mass is 19.4. The summed E-state index contributed by atoms with van der Waals surface area (Å²) in [7, 11) is 0. The Bertz CT molecular complexity index is 266. The van der Waals surface area contributed by atoms with E-state index in [0.717, 1.165) is 13.1 Å². The van der Waals surface area contributed by atoms with Crippen LogP contribution in [0.5, 0.6) is 0 Å². The zero-order chi connectivity index (χ0) is 13.9. The van der Waals surface area contributed by atoms with Crippen molar-refractivity contribution in [3.8, 4) is 0 Å². The molecule has 0 amide bonds. The molecule has 2 unspecified atom stereocenters. The summed E-state index contributed by atoms with van der Waals surface area (Å²) < 4.78 is 36.3. The fraction of sp³-hybridized carbons (Fsp3) is 1.00. The van der Waals surface area contributed by atoms with Crippen molar-refractivity contribution in [1.82, 2.24) is 10.2 Å². The molecule has 2 aliphatic rings. The third kappa shape index (κ3) is 4.35. The van der Waals surface area contributed by atoms with Gasteiger partial charge in [-0.2, -0.15) is 13.2 Å². The molecule has 2 nitrogen and oxygen atoms in total. The quantitative estimate of drug-likeness (QED) is 0.750. The first kappa shape index (κ1) is 15.1. The molecule has 0 aromatic rings. The van der Waals surface area contributed by atoms with Gasteiger partial charge in [0.15, 0.2) is 0 Å². The van der Waals surface area contributed by atoms with Gasteiger partial charge >= 0.3 is 6.18 Å². The van der Waals surface area contributed by atoms with Crippen LogP contribution in [-0.2, 0) is 0 Å². The van der Waals surface area contributed by atoms with Crippen LogP contribution in [0.1, 0.15) is 51.9 Å². The number of rotatable bonds is 6. The minimum Gasteiger partial charge on any atom is -0.314 e. The Morgan fingerprint density at radius 1 is 1.11 bits per heavy atom. The van der Waals surface area contributed by atoms with Crippen LogP contribution in [0.25, 0.3) is 0 Å². The third-order valence-corrected chi connectivity index (χ3v) is 4.50. The van der Waals surface area contributed by atoms with E-state index in [2.05, 4.69) is 17.1 Å². The highest BCUT2D eigenvalue weighted by Crippen LogP contribution is 2.36. The second-order valence-electron chi connectivity index (χ2n) is 5.92. The summed E-state index contributed by atoms with van der Waals surface area (Å²) in [6, 6.07) is 1.83. The van der Waals surface area contributed by atoms with E-state index in [-0.39, 0.29) is 6.42 Å². The maximum Gasteiger partial charge on any atom is 0.389 e. The van der Waals surface area contributed by atoms with Crippen molar-refractivity contribution in [1.29, 1.82) is 0 Å². The first-order valence-corrected chi connectivity index (χ1v) is 7.55. The van der Waals surface area contributed by atoms with Crippen molar-refractivity contribution in [3.05, 3.63) is 0 Å². The molecule has 19 heavy (non-hydrogen) atoms. The van der Waals surface area contributed by atoms with E-state index >= 15 is 0 Å². The van der Waals surface area contributed by atoms with E-state index < -0.39 is 12.6 Å². The molecule has 0 aromatic carbocycles. The Labute approximate surface area is 113 Å². The molecular weight excluding hydrogens is 253 g/mol. The second kappa shape index (κ2) is 6.44. The molecule has 112 valence electrons. The van der Waals surface area contributed by atoms with Crippen molar-refractivity contribution in [2.45, 2.75) is 76.2 Å². The smallest absolute Gasteiger partial charge is 0.314 e. The third-order valence-electron chi connectivity index (χ3n) is 4.50. The Kier molecular flexibility index (Phi) is 5.12. The number of alkyl halides is 3. The van der Waals surface area contributed by atoms with Crippen LogP contribution in [0.4, 0.5) is 13.2 Å². The van der Waals surface area contributed by atoms with Crippen molar-refractivity contribution in [2.24, 2.45) is 0 Å². The van der Waals surface area contributed by atoms with Crippen molar-refractivity contribution in [2.75, 3.05) is 13.1 Å². The molecule has 2 atom stereocenters. The number of nitrogens with zero attached hydrogens (tertiary/aromatic N) is 1. The Morgan fingerprint density at radius 2 is 1.74 bits per heavy atom. The summed E-state index contributed by atoms with van der Waals surface area (Å²) in [6.45, 7) is 3.99. The predicted molar refractivity (Wildman–Crippen MR) is 70.1 cm³/mol. The molecule has 2 fully saturated rings. The van der Waals surface area contributed by atoms with Crippen molar-refractivity contribution < 1.29 is 13.2 Å². The maximum absolute atomic E-state index is 12.1. The van der Waals surface area contributed by atoms with Gasteiger partial charge < -0.3 is 5.32 Å². The zero-order valence-electron chi connectivity index (χ0n) is 11.7. The summed E-state index contributed by atoms with van der Waals surface area (Å²) in [6.07, 6.45) is 1.13. The second-order valence-corrected chi connectivity index (χ2v) is 5.92. The molecule has 2 saturated heterocycles. The van der Waals surface area contributed by atoms with E-state index in [1.165, 1.54) is 25.7 Å². The monoisotopic (exact) mass is 278 g/mol. The summed E-state index contributed by atoms with van der Waals surface area (Å²) in [5.41, 5.74) is 0. The number of hydrogen-bond acceptors (Lipinski definition) is 2. The number of unbranched alkanes of at least 4 members (excludes halogenated alkanes) is 1. The van der Waals surface area contributed by atoms with E-state index in [1.54, 1.807) is 0 Å². The Hall–Kier alpha value is -0.290. The molecule has 1 N–H and O–H groups in total. The lowest BCUT2D eigenvalue weighted by molar-refractivity contribution is -0.135. The van der Waals surface area contributed by atoms with E-state index in [1.807, 2.05) is 0 Å². The molecule has 2 bridgehead atoms. The molecular formula is C14H25F3N2. The Balaban J connectivity index is 1.71. The normalized spacial score (nSPS) is 31.9. The van der Waals surface area contributed by atoms with Gasteiger partial charge in [0, 0.05) is 24.5 Å². The predicted octanol–water partition coefficient (Wildman–Crippen LogP) is 3.32. The van der Waals surface area contributed by atoms with Gasteiger partial charge in [-0.1, -0.05) is 6.92 Å². The maximum atomic E-state index is 12.1. The molecule has 0 aromatic heterocycles. The fourth-order valence-corrected chi connectivity index (χ4v) is 3.71. The van der Waals surface area contributed by atoms with Gasteiger partial charge in [0.25, 0.3) is 0 Å². The lowest BCUT2D eigenvalue weighted by Gasteiger charge is -2.39. The first-order chi connectivity index (χ1) is 8.99. The van der Waals surface area contributed by atoms with Gasteiger partial charge in [0.05, 0.1) is 0 Å². The van der Waals surface area contributed by atoms with Crippen LogP contribution in [0.2, 0.25) is 0 Å². The minimum absolute atomic E-state index is 0.274. The van der Waals surface area contributed by atoms with Gasteiger partial charge in [0.1, 0.15) is 0 Å². The molecule has 0 saturated carbocycles. The SMILES string of the molecule is CCNC1CC2CCC(C1)N2CCCCC(F)(F)F. The zero-order valence-corrected chi connectivity index (χ0v) is 11.7. The minimum atomic E-state index is -3.99. The average Bonchev–Trinajstić information content (AvgIpc) is 2.56. The highest BCUT2D eigenvalue weighted by molar-refractivity contribution is 4.97. The number of piperidine rings is 1. The van der Waals surface area contributed by atoms with Gasteiger partial charge in [-0.3, -0.25) is 4.90 Å². The number of halogens is 3. The standard InChI is InChI=1S/C14H25F3N2/c1-2-18-11-9-12-5-6-13(10-11)19(12)8-4-3-7-14(15,16)17/h11-13,18H,2-10H2,1H3. The first-order valence-electron chi connectivity index (χ1n) is 7.55. The molecule has 0 radical (unpaired) electrons. The largest absolute Gasteiger partial charge is 0.389 e. The average molecular weight is 278 g/mol. The van der Waals surface area contributed by atoms with Crippen LogP contribution in [-0.4, -0.2) is 42.3 Å². The molecule has 2 aliphatic heterocycles. The summed E-state index contributed by atoms with van der Waals surface area (Å²) in [5.74, 6) is 0. The van der Waals surface area contributed by atoms with Crippen molar-refractivity contribution in [3.63, 3.8) is 0 Å². The lowest BCUT2D eigenvalue weighted by Crippen LogP contribution is -2.49. The lowest BCUT2D eigenvalue weighted by atomic mass is 9.97. The highest BCUT2D eigenvalue weighted by Gasteiger charge is 2.39. The molecule has 0 spiro atoms. The van der Waals surface area contributed by atoms with Crippen LogP contribution in [0.15, 0.2) is 0 Å². The Morgan fingerprint density at radius 3 is 2.26 bits per heavy atom. The molecule has 5 heteroatoms. The van der Waals surface area contributed by atoms with E-state index in [0.29, 0.717) is 24.5 Å². The summed E-state index contributed by atoms with van der Waals surface area (Å²) in [4.78, 5) is 2.48. The fourth-order valence-electron chi connectivity index (χ4n) is 3.71. The van der Waals surface area contributed by atoms with Crippen LogP contribution in [0.3, 0.4) is 0 Å². The van der Waals surface area contributed by atoms with E-state index in [9.17, 15) is 13.2 Å². The van der Waals surface area contributed by atoms with E-state index in [4.69, 9.17) is 0 Å². The summed E-state index contributed by atoms with van der Waals surface area (Å²) >= 11 is 0. The molecule has 2 rings (SSSR count). The number of nitrogens with one attached hydrogen (secondary N) is 1. The van der Waals surface area contributed by atoms with Crippen molar-refractivity contribution >= 4 is 0 Å². The number of fused-ring (bicyclic) bond motifs is 2. The van der Waals surface area contributed by atoms with Crippen LogP contribution < -0.4 is 5.32 Å². The van der Waals surface area contributed by atoms with Gasteiger partial charge in [0.2, 0.25) is 0 Å². The van der Waals surface area contributed by atoms with Crippen LogP contribution in [0, 0.1) is 0 Å². The molecule has 2 heterocycles. The topological polar surface area (TPSA) is 15.3 Å².